The van der Waals surface area contributed by atoms with Crippen molar-refractivity contribution in [3.63, 3.8) is 0 Å². The number of hydrogen-bond acceptors (Lipinski definition) is 4. The lowest BCUT2D eigenvalue weighted by molar-refractivity contribution is -0.172. The van der Waals surface area contributed by atoms with Crippen molar-refractivity contribution in [2.24, 2.45) is 17.3 Å². The van der Waals surface area contributed by atoms with Gasteiger partial charge in [-0.25, -0.2) is 9.78 Å². The molecular formula is C18H27N3O2S. The summed E-state index contributed by atoms with van der Waals surface area (Å²) in [6.45, 7) is 5.81. The molecule has 0 radical (unpaired) electrons. The van der Waals surface area contributed by atoms with Crippen LogP contribution in [0.3, 0.4) is 0 Å². The van der Waals surface area contributed by atoms with E-state index in [2.05, 4.69) is 29.5 Å². The second kappa shape index (κ2) is 6.30. The van der Waals surface area contributed by atoms with Crippen LogP contribution in [0.1, 0.15) is 49.4 Å². The largest absolute Gasteiger partial charge is 0.377 e. The van der Waals surface area contributed by atoms with Gasteiger partial charge in [-0.1, -0.05) is 20.3 Å². The number of rotatable bonds is 5. The van der Waals surface area contributed by atoms with Gasteiger partial charge in [0.15, 0.2) is 0 Å². The Bertz CT molecular complexity index is 611. The summed E-state index contributed by atoms with van der Waals surface area (Å²) in [5.41, 5.74) is 0.243. The van der Waals surface area contributed by atoms with E-state index in [0.29, 0.717) is 30.5 Å². The van der Waals surface area contributed by atoms with Crippen LogP contribution in [0.2, 0.25) is 0 Å². The molecule has 1 saturated heterocycles. The number of ether oxygens (including phenoxy) is 1. The lowest BCUT2D eigenvalue weighted by Gasteiger charge is -2.63. The number of nitrogens with zero attached hydrogens (tertiary/aromatic N) is 1. The number of fused-ring (bicyclic) bond motifs is 2. The molecule has 6 heteroatoms. The van der Waals surface area contributed by atoms with Crippen LogP contribution in [0.15, 0.2) is 6.20 Å². The van der Waals surface area contributed by atoms with E-state index in [1.807, 2.05) is 6.20 Å². The number of hydrogen-bond donors (Lipinski definition) is 2. The minimum Gasteiger partial charge on any atom is -0.377 e. The first-order valence-corrected chi connectivity index (χ1v) is 10.00. The number of amides is 2. The van der Waals surface area contributed by atoms with Gasteiger partial charge in [-0.3, -0.25) is 0 Å². The molecule has 2 N–H and O–H groups in total. The highest BCUT2D eigenvalue weighted by atomic mass is 32.1. The summed E-state index contributed by atoms with van der Waals surface area (Å²) in [6, 6.07) is 0.257. The Labute approximate surface area is 147 Å². The molecule has 2 saturated carbocycles. The normalized spacial score (nSPS) is 29.9. The molecule has 24 heavy (non-hydrogen) atoms. The van der Waals surface area contributed by atoms with Gasteiger partial charge in [0.1, 0.15) is 0 Å². The standard InChI is InChI=1S/C18H27N3O2S/c1-11(2)8-14-19-9-12(24-14)10-20-17(22)21-15-13-4-7-23-16(13)18(15)5-3-6-18/h9,11,13,15-16H,3-8,10H2,1-2H3,(H2,20,21,22)/t13-,15-,16-/m1/s1. The third-order valence-corrected chi connectivity index (χ3v) is 6.95. The summed E-state index contributed by atoms with van der Waals surface area (Å²) in [7, 11) is 0. The van der Waals surface area contributed by atoms with Gasteiger partial charge in [0.2, 0.25) is 0 Å². The van der Waals surface area contributed by atoms with Gasteiger partial charge in [-0.15, -0.1) is 11.3 Å². The van der Waals surface area contributed by atoms with Gasteiger partial charge < -0.3 is 15.4 Å². The minimum atomic E-state index is -0.0459. The fourth-order valence-corrected chi connectivity index (χ4v) is 5.76. The summed E-state index contributed by atoms with van der Waals surface area (Å²) in [5, 5.41) is 7.41. The van der Waals surface area contributed by atoms with E-state index < -0.39 is 0 Å². The molecule has 0 bridgehead atoms. The molecule has 3 aliphatic rings. The van der Waals surface area contributed by atoms with Crippen LogP contribution in [0.4, 0.5) is 4.79 Å². The number of urea groups is 1. The first kappa shape index (κ1) is 16.3. The zero-order chi connectivity index (χ0) is 16.7. The quantitative estimate of drug-likeness (QED) is 0.858. The van der Waals surface area contributed by atoms with Crippen LogP contribution in [0.5, 0.6) is 0 Å². The van der Waals surface area contributed by atoms with Crippen LogP contribution in [0, 0.1) is 17.3 Å². The molecule has 1 spiro atoms. The van der Waals surface area contributed by atoms with Crippen molar-refractivity contribution in [3.05, 3.63) is 16.1 Å². The molecule has 2 amide bonds. The van der Waals surface area contributed by atoms with Gasteiger partial charge in [-0.05, 0) is 25.2 Å². The monoisotopic (exact) mass is 349 g/mol. The zero-order valence-corrected chi connectivity index (χ0v) is 15.3. The maximum Gasteiger partial charge on any atom is 0.315 e. The topological polar surface area (TPSA) is 63.2 Å². The average Bonchev–Trinajstić information content (AvgIpc) is 3.08. The first-order valence-electron chi connectivity index (χ1n) is 9.18. The lowest BCUT2D eigenvalue weighted by Crippen LogP contribution is -2.72. The minimum absolute atomic E-state index is 0.0459. The van der Waals surface area contributed by atoms with Crippen molar-refractivity contribution in [1.82, 2.24) is 15.6 Å². The van der Waals surface area contributed by atoms with Crippen molar-refractivity contribution in [2.45, 2.75) is 64.6 Å². The molecule has 0 aromatic carbocycles. The maximum absolute atomic E-state index is 12.3. The average molecular weight is 350 g/mol. The molecule has 3 fully saturated rings. The van der Waals surface area contributed by atoms with Crippen molar-refractivity contribution >= 4 is 17.4 Å². The summed E-state index contributed by atoms with van der Waals surface area (Å²) >= 11 is 1.70. The van der Waals surface area contributed by atoms with Gasteiger partial charge >= 0.3 is 6.03 Å². The highest BCUT2D eigenvalue weighted by Gasteiger charge is 2.66. The molecule has 1 aromatic rings. The summed E-state index contributed by atoms with van der Waals surface area (Å²) in [5.74, 6) is 1.14. The Balaban J connectivity index is 1.29. The van der Waals surface area contributed by atoms with Gasteiger partial charge in [0, 0.05) is 41.5 Å². The van der Waals surface area contributed by atoms with Crippen molar-refractivity contribution < 1.29 is 9.53 Å². The van der Waals surface area contributed by atoms with Crippen LogP contribution >= 0.6 is 11.3 Å². The third kappa shape index (κ3) is 2.73. The molecular weight excluding hydrogens is 322 g/mol. The number of nitrogens with one attached hydrogen (secondary N) is 2. The number of aromatic nitrogens is 1. The van der Waals surface area contributed by atoms with E-state index in [4.69, 9.17) is 4.74 Å². The molecule has 2 heterocycles. The summed E-state index contributed by atoms with van der Waals surface area (Å²) < 4.78 is 5.91. The van der Waals surface area contributed by atoms with E-state index in [0.717, 1.165) is 29.3 Å². The molecule has 1 aliphatic heterocycles. The molecule has 0 unspecified atom stereocenters. The molecule has 4 rings (SSSR count). The Kier molecular flexibility index (Phi) is 4.29. The Hall–Kier alpha value is -1.14. The highest BCUT2D eigenvalue weighted by Crippen LogP contribution is 2.62. The van der Waals surface area contributed by atoms with Crippen LogP contribution in [0.25, 0.3) is 0 Å². The first-order chi connectivity index (χ1) is 11.6. The number of carbonyl (C=O) groups excluding carboxylic acids is 1. The lowest BCUT2D eigenvalue weighted by atomic mass is 9.46. The van der Waals surface area contributed by atoms with Gasteiger partial charge in [0.05, 0.1) is 17.7 Å². The maximum atomic E-state index is 12.3. The smallest absolute Gasteiger partial charge is 0.315 e. The van der Waals surface area contributed by atoms with Crippen LogP contribution in [-0.2, 0) is 17.7 Å². The van der Waals surface area contributed by atoms with E-state index >= 15 is 0 Å². The van der Waals surface area contributed by atoms with E-state index in [1.54, 1.807) is 11.3 Å². The van der Waals surface area contributed by atoms with Crippen molar-refractivity contribution in [2.75, 3.05) is 6.61 Å². The summed E-state index contributed by atoms with van der Waals surface area (Å²) in [6.07, 6.45) is 8.05. The van der Waals surface area contributed by atoms with Gasteiger partial charge in [0.25, 0.3) is 0 Å². The van der Waals surface area contributed by atoms with Crippen LogP contribution < -0.4 is 10.6 Å². The fourth-order valence-electron chi connectivity index (χ4n) is 4.69. The molecule has 1 aromatic heterocycles. The third-order valence-electron chi connectivity index (χ3n) is 5.93. The van der Waals surface area contributed by atoms with Crippen molar-refractivity contribution in [1.29, 1.82) is 0 Å². The van der Waals surface area contributed by atoms with Crippen molar-refractivity contribution in [3.8, 4) is 0 Å². The Morgan fingerprint density at radius 1 is 1.50 bits per heavy atom. The highest BCUT2D eigenvalue weighted by molar-refractivity contribution is 7.11. The fraction of sp³-hybridized carbons (Fsp3) is 0.778. The number of carbonyl (C=O) groups is 1. The summed E-state index contributed by atoms with van der Waals surface area (Å²) in [4.78, 5) is 17.9. The second-order valence-corrected chi connectivity index (χ2v) is 9.15. The Morgan fingerprint density at radius 2 is 2.33 bits per heavy atom. The zero-order valence-electron chi connectivity index (χ0n) is 14.5. The van der Waals surface area contributed by atoms with E-state index in [-0.39, 0.29) is 11.4 Å². The van der Waals surface area contributed by atoms with E-state index in [9.17, 15) is 4.79 Å². The van der Waals surface area contributed by atoms with Gasteiger partial charge in [-0.2, -0.15) is 0 Å². The number of thiazole rings is 1. The molecule has 132 valence electrons. The predicted molar refractivity (Wildman–Crippen MR) is 93.9 cm³/mol. The Morgan fingerprint density at radius 3 is 3.04 bits per heavy atom. The van der Waals surface area contributed by atoms with Crippen LogP contribution in [-0.4, -0.2) is 29.8 Å². The SMILES string of the molecule is CC(C)Cc1ncc(CNC(=O)N[C@@H]2[C@H]3CCO[C@H]3C23CCC3)s1. The molecule has 3 atom stereocenters. The molecule has 2 aliphatic carbocycles. The van der Waals surface area contributed by atoms with E-state index in [1.165, 1.54) is 19.3 Å². The predicted octanol–water partition coefficient (Wildman–Crippen LogP) is 3.10. The second-order valence-electron chi connectivity index (χ2n) is 7.95. The molecule has 5 nitrogen and oxygen atoms in total.